The van der Waals surface area contributed by atoms with Gasteiger partial charge >= 0.3 is 0 Å². The van der Waals surface area contributed by atoms with Crippen LogP contribution in [0.25, 0.3) is 0 Å². The van der Waals surface area contributed by atoms with Crippen molar-refractivity contribution in [2.45, 2.75) is 45.4 Å². The fraction of sp³-hybridized carbons (Fsp3) is 0.706. The molecule has 1 aliphatic carbocycles. The van der Waals surface area contributed by atoms with E-state index in [0.717, 1.165) is 24.6 Å². The Balaban J connectivity index is 1.46. The molecule has 2 N–H and O–H groups in total. The van der Waals surface area contributed by atoms with Gasteiger partial charge in [-0.1, -0.05) is 0 Å². The Labute approximate surface area is 138 Å². The van der Waals surface area contributed by atoms with Crippen LogP contribution in [-0.2, 0) is 4.79 Å². The molecule has 1 amide bonds. The summed E-state index contributed by atoms with van der Waals surface area (Å²) in [6.07, 6.45) is 6.88. The van der Waals surface area contributed by atoms with Crippen LogP contribution in [-0.4, -0.2) is 42.1 Å². The summed E-state index contributed by atoms with van der Waals surface area (Å²) in [5.74, 6) is 2.46. The van der Waals surface area contributed by atoms with E-state index in [4.69, 9.17) is 0 Å². The van der Waals surface area contributed by atoms with Gasteiger partial charge in [0, 0.05) is 44.4 Å². The minimum atomic E-state index is 0.161. The molecule has 6 nitrogen and oxygen atoms in total. The van der Waals surface area contributed by atoms with Crippen LogP contribution in [0, 0.1) is 12.8 Å². The largest absolute Gasteiger partial charge is 0.356 e. The summed E-state index contributed by atoms with van der Waals surface area (Å²) in [5.41, 5.74) is 0.973. The maximum absolute atomic E-state index is 11.6. The van der Waals surface area contributed by atoms with E-state index in [1.54, 1.807) is 0 Å². The second-order valence-corrected chi connectivity index (χ2v) is 6.66. The Morgan fingerprint density at radius 1 is 1.22 bits per heavy atom. The molecule has 23 heavy (non-hydrogen) atoms. The predicted molar refractivity (Wildman–Crippen MR) is 91.7 cm³/mol. The summed E-state index contributed by atoms with van der Waals surface area (Å²) in [7, 11) is 0. The van der Waals surface area contributed by atoms with E-state index >= 15 is 0 Å². The van der Waals surface area contributed by atoms with Crippen molar-refractivity contribution in [2.75, 3.05) is 36.4 Å². The first-order chi connectivity index (χ1) is 11.2. The molecule has 1 aromatic rings. The van der Waals surface area contributed by atoms with Crippen LogP contribution in [0.5, 0.6) is 0 Å². The van der Waals surface area contributed by atoms with Gasteiger partial charge in [-0.05, 0) is 44.9 Å². The Bertz CT molecular complexity index is 538. The molecule has 2 fully saturated rings. The first-order valence-electron chi connectivity index (χ1n) is 8.82. The van der Waals surface area contributed by atoms with Gasteiger partial charge < -0.3 is 15.5 Å². The van der Waals surface area contributed by atoms with Gasteiger partial charge in [0.1, 0.15) is 5.82 Å². The summed E-state index contributed by atoms with van der Waals surface area (Å²) < 4.78 is 0. The highest BCUT2D eigenvalue weighted by atomic mass is 16.1. The van der Waals surface area contributed by atoms with Gasteiger partial charge in [-0.25, -0.2) is 4.98 Å². The zero-order valence-electron chi connectivity index (χ0n) is 14.0. The van der Waals surface area contributed by atoms with Gasteiger partial charge in [-0.3, -0.25) is 4.79 Å². The van der Waals surface area contributed by atoms with E-state index in [1.807, 2.05) is 13.0 Å². The lowest BCUT2D eigenvalue weighted by Crippen LogP contribution is -2.31. The average Bonchev–Trinajstić information content (AvgIpc) is 3.36. The molecule has 0 spiro atoms. The lowest BCUT2D eigenvalue weighted by Gasteiger charge is -2.28. The number of aromatic nitrogens is 2. The highest BCUT2D eigenvalue weighted by Crippen LogP contribution is 2.32. The molecule has 3 rings (SSSR count). The van der Waals surface area contributed by atoms with E-state index in [-0.39, 0.29) is 5.91 Å². The van der Waals surface area contributed by atoms with Crippen molar-refractivity contribution < 1.29 is 4.79 Å². The second-order valence-electron chi connectivity index (χ2n) is 6.66. The highest BCUT2D eigenvalue weighted by Gasteiger charge is 2.23. The number of hydrogen-bond acceptors (Lipinski definition) is 5. The quantitative estimate of drug-likeness (QED) is 0.754. The molecule has 0 radical (unpaired) electrons. The smallest absolute Gasteiger partial charge is 0.224 e. The van der Waals surface area contributed by atoms with E-state index in [9.17, 15) is 4.79 Å². The Hall–Kier alpha value is -1.85. The Morgan fingerprint density at radius 2 is 2.00 bits per heavy atom. The molecule has 0 bridgehead atoms. The number of amides is 1. The lowest BCUT2D eigenvalue weighted by atomic mass is 10.1. The number of rotatable bonds is 7. The minimum absolute atomic E-state index is 0.161. The number of carbonyl (C=O) groups is 1. The third-order valence-electron chi connectivity index (χ3n) is 4.42. The third-order valence-corrected chi connectivity index (χ3v) is 4.42. The van der Waals surface area contributed by atoms with Crippen molar-refractivity contribution in [1.29, 1.82) is 0 Å². The van der Waals surface area contributed by atoms with Crippen molar-refractivity contribution in [2.24, 2.45) is 5.92 Å². The zero-order valence-corrected chi connectivity index (χ0v) is 14.0. The van der Waals surface area contributed by atoms with Crippen molar-refractivity contribution >= 4 is 17.7 Å². The molecule has 1 saturated carbocycles. The van der Waals surface area contributed by atoms with Crippen LogP contribution in [0.3, 0.4) is 0 Å². The van der Waals surface area contributed by atoms with Crippen molar-refractivity contribution in [3.8, 4) is 0 Å². The number of hydrogen-bond donors (Lipinski definition) is 2. The maximum atomic E-state index is 11.6. The van der Waals surface area contributed by atoms with Gasteiger partial charge in [0.15, 0.2) is 0 Å². The first kappa shape index (κ1) is 16.0. The SMILES string of the molecule is Cc1cc(N2CCCCC2)nc(NCCNC(=O)CC2CC2)n1. The van der Waals surface area contributed by atoms with Crippen molar-refractivity contribution in [1.82, 2.24) is 15.3 Å². The molecule has 2 heterocycles. The number of nitrogens with zero attached hydrogens (tertiary/aromatic N) is 3. The van der Waals surface area contributed by atoms with Gasteiger partial charge in [0.25, 0.3) is 0 Å². The lowest BCUT2D eigenvalue weighted by molar-refractivity contribution is -0.121. The van der Waals surface area contributed by atoms with Crippen LogP contribution >= 0.6 is 0 Å². The zero-order chi connectivity index (χ0) is 16.1. The minimum Gasteiger partial charge on any atom is -0.356 e. The molecule has 1 aliphatic heterocycles. The van der Waals surface area contributed by atoms with Crippen LogP contribution in [0.1, 0.15) is 44.2 Å². The van der Waals surface area contributed by atoms with Gasteiger partial charge in [-0.2, -0.15) is 4.98 Å². The standard InChI is InChI=1S/C17H27N5O/c1-13-11-15(22-9-3-2-4-10-22)21-17(20-13)19-8-7-18-16(23)12-14-5-6-14/h11,14H,2-10,12H2,1H3,(H,18,23)(H,19,20,21). The molecule has 0 aromatic carbocycles. The summed E-state index contributed by atoms with van der Waals surface area (Å²) in [4.78, 5) is 23.0. The summed E-state index contributed by atoms with van der Waals surface area (Å²) in [5, 5.41) is 6.18. The molecular formula is C17H27N5O. The Kier molecular flexibility index (Phi) is 5.31. The number of piperidine rings is 1. The van der Waals surface area contributed by atoms with Gasteiger partial charge in [0.05, 0.1) is 0 Å². The molecule has 1 aromatic heterocycles. The maximum Gasteiger partial charge on any atom is 0.224 e. The molecule has 2 aliphatic rings. The van der Waals surface area contributed by atoms with Crippen molar-refractivity contribution in [3.63, 3.8) is 0 Å². The molecule has 126 valence electrons. The second kappa shape index (κ2) is 7.62. The summed E-state index contributed by atoms with van der Waals surface area (Å²) in [6, 6.07) is 2.05. The first-order valence-corrected chi connectivity index (χ1v) is 8.82. The number of aryl methyl sites for hydroxylation is 1. The molecule has 1 saturated heterocycles. The van der Waals surface area contributed by atoms with Crippen LogP contribution in [0.15, 0.2) is 6.07 Å². The van der Waals surface area contributed by atoms with E-state index in [0.29, 0.717) is 31.4 Å². The van der Waals surface area contributed by atoms with Crippen LogP contribution in [0.2, 0.25) is 0 Å². The predicted octanol–water partition coefficient (Wildman–Crippen LogP) is 2.10. The monoisotopic (exact) mass is 317 g/mol. The fourth-order valence-corrected chi connectivity index (χ4v) is 2.95. The molecule has 0 atom stereocenters. The van der Waals surface area contributed by atoms with Crippen molar-refractivity contribution in [3.05, 3.63) is 11.8 Å². The Morgan fingerprint density at radius 3 is 2.74 bits per heavy atom. The highest BCUT2D eigenvalue weighted by molar-refractivity contribution is 5.76. The number of nitrogens with one attached hydrogen (secondary N) is 2. The van der Waals surface area contributed by atoms with Crippen LogP contribution in [0.4, 0.5) is 11.8 Å². The molecular weight excluding hydrogens is 290 g/mol. The normalized spacial score (nSPS) is 17.9. The fourth-order valence-electron chi connectivity index (χ4n) is 2.95. The molecule has 0 unspecified atom stereocenters. The topological polar surface area (TPSA) is 70.2 Å². The molecule has 6 heteroatoms. The van der Waals surface area contributed by atoms with Gasteiger partial charge in [0.2, 0.25) is 11.9 Å². The van der Waals surface area contributed by atoms with E-state index in [2.05, 4.69) is 25.5 Å². The van der Waals surface area contributed by atoms with Crippen LogP contribution < -0.4 is 15.5 Å². The summed E-state index contributed by atoms with van der Waals surface area (Å²) >= 11 is 0. The average molecular weight is 317 g/mol. The van der Waals surface area contributed by atoms with E-state index < -0.39 is 0 Å². The number of anilines is 2. The number of carbonyl (C=O) groups excluding carboxylic acids is 1. The van der Waals surface area contributed by atoms with Gasteiger partial charge in [-0.15, -0.1) is 0 Å². The third kappa shape index (κ3) is 5.08. The van der Waals surface area contributed by atoms with E-state index in [1.165, 1.54) is 32.1 Å². The summed E-state index contributed by atoms with van der Waals surface area (Å²) in [6.45, 7) is 5.42.